The van der Waals surface area contributed by atoms with Crippen molar-refractivity contribution in [2.75, 3.05) is 18.1 Å². The second kappa shape index (κ2) is 5.66. The quantitative estimate of drug-likeness (QED) is 0.766. The normalized spacial score (nSPS) is 10.7. The fraction of sp³-hybridized carbons (Fsp3) is 0.125. The van der Waals surface area contributed by atoms with E-state index in [0.29, 0.717) is 29.9 Å². The molecule has 0 radical (unpaired) electrons. The van der Waals surface area contributed by atoms with Crippen LogP contribution in [0.15, 0.2) is 48.7 Å². The largest absolute Gasteiger partial charge is 0.493 e. The Morgan fingerprint density at radius 1 is 0.952 bits per heavy atom. The summed E-state index contributed by atoms with van der Waals surface area (Å²) in [6.45, 7) is 0.492. The monoisotopic (exact) mass is 280 g/mol. The fourth-order valence-electron chi connectivity index (χ4n) is 2.16. The molecule has 3 aromatic rings. The third-order valence-corrected chi connectivity index (χ3v) is 3.25. The molecule has 0 atom stereocenters. The van der Waals surface area contributed by atoms with Gasteiger partial charge in [-0.1, -0.05) is 18.2 Å². The topological polar surface area (TPSA) is 87.0 Å². The van der Waals surface area contributed by atoms with E-state index < -0.39 is 0 Å². The highest BCUT2D eigenvalue weighted by Crippen LogP contribution is 2.26. The first-order valence-electron chi connectivity index (χ1n) is 6.72. The van der Waals surface area contributed by atoms with Gasteiger partial charge in [-0.05, 0) is 24.3 Å². The summed E-state index contributed by atoms with van der Waals surface area (Å²) >= 11 is 0. The molecule has 21 heavy (non-hydrogen) atoms. The Bertz CT molecular complexity index is 759. The van der Waals surface area contributed by atoms with Gasteiger partial charge in [-0.3, -0.25) is 4.98 Å². The second-order valence-corrected chi connectivity index (χ2v) is 4.67. The van der Waals surface area contributed by atoms with Gasteiger partial charge in [0.1, 0.15) is 11.3 Å². The van der Waals surface area contributed by atoms with Gasteiger partial charge >= 0.3 is 0 Å². The summed E-state index contributed by atoms with van der Waals surface area (Å²) in [6.07, 6.45) is 2.27. The predicted molar refractivity (Wildman–Crippen MR) is 84.0 cm³/mol. The molecule has 0 fully saturated rings. The maximum absolute atomic E-state index is 6.05. The van der Waals surface area contributed by atoms with Gasteiger partial charge in [0.15, 0.2) is 0 Å². The summed E-state index contributed by atoms with van der Waals surface area (Å²) in [5, 5.41) is 0. The van der Waals surface area contributed by atoms with Crippen LogP contribution in [0.5, 0.6) is 5.75 Å². The Kier molecular flexibility index (Phi) is 3.55. The van der Waals surface area contributed by atoms with Crippen molar-refractivity contribution < 1.29 is 4.74 Å². The minimum absolute atomic E-state index is 0.482. The van der Waals surface area contributed by atoms with Gasteiger partial charge in [0.2, 0.25) is 0 Å². The molecule has 4 N–H and O–H groups in total. The molecule has 0 saturated heterocycles. The minimum atomic E-state index is 0.482. The van der Waals surface area contributed by atoms with E-state index in [0.717, 1.165) is 17.0 Å². The average molecular weight is 280 g/mol. The van der Waals surface area contributed by atoms with E-state index in [1.807, 2.05) is 42.5 Å². The summed E-state index contributed by atoms with van der Waals surface area (Å²) in [5.41, 5.74) is 15.2. The number of rotatable bonds is 4. The Hall–Kier alpha value is -2.82. The van der Waals surface area contributed by atoms with Crippen molar-refractivity contribution in [1.29, 1.82) is 0 Å². The lowest BCUT2D eigenvalue weighted by Crippen LogP contribution is -2.09. The molecule has 0 aliphatic heterocycles. The molecular formula is C16H16N4O. The highest BCUT2D eigenvalue weighted by atomic mass is 16.5. The van der Waals surface area contributed by atoms with Crippen LogP contribution in [0.25, 0.3) is 11.0 Å². The van der Waals surface area contributed by atoms with Crippen molar-refractivity contribution in [3.05, 3.63) is 54.4 Å². The van der Waals surface area contributed by atoms with Crippen LogP contribution in [0.3, 0.4) is 0 Å². The number of anilines is 2. The summed E-state index contributed by atoms with van der Waals surface area (Å²) in [7, 11) is 0. The standard InChI is InChI=1S/C16H16N4O/c17-14-12(8-10-21-11-5-2-1-3-6-11)20-13-7-4-9-19-16(13)15(14)18/h1-7,9H,8,10,17H2,(H2,18,20). The van der Waals surface area contributed by atoms with Gasteiger partial charge in [-0.2, -0.15) is 0 Å². The fourth-order valence-corrected chi connectivity index (χ4v) is 2.16. The Balaban J connectivity index is 1.79. The molecule has 0 aliphatic carbocycles. The SMILES string of the molecule is Nc1c(CCOc2ccccc2)nc2cccnc2c1N. The summed E-state index contributed by atoms with van der Waals surface area (Å²) in [6, 6.07) is 13.3. The van der Waals surface area contributed by atoms with E-state index >= 15 is 0 Å². The van der Waals surface area contributed by atoms with Crippen molar-refractivity contribution in [3.63, 3.8) is 0 Å². The van der Waals surface area contributed by atoms with Crippen LogP contribution in [-0.2, 0) is 6.42 Å². The van der Waals surface area contributed by atoms with E-state index in [9.17, 15) is 0 Å². The molecule has 0 aliphatic rings. The van der Waals surface area contributed by atoms with E-state index in [-0.39, 0.29) is 0 Å². The number of ether oxygens (including phenoxy) is 1. The third kappa shape index (κ3) is 2.72. The third-order valence-electron chi connectivity index (χ3n) is 3.25. The van der Waals surface area contributed by atoms with Crippen molar-refractivity contribution >= 4 is 22.4 Å². The Morgan fingerprint density at radius 3 is 2.57 bits per heavy atom. The smallest absolute Gasteiger partial charge is 0.119 e. The molecule has 3 rings (SSSR count). The molecule has 1 aromatic carbocycles. The lowest BCUT2D eigenvalue weighted by molar-refractivity contribution is 0.321. The Morgan fingerprint density at radius 2 is 1.76 bits per heavy atom. The molecule has 5 heteroatoms. The molecule has 0 bridgehead atoms. The predicted octanol–water partition coefficient (Wildman–Crippen LogP) is 2.42. The van der Waals surface area contributed by atoms with Gasteiger partial charge in [0, 0.05) is 12.6 Å². The lowest BCUT2D eigenvalue weighted by Gasteiger charge is -2.11. The molecule has 0 saturated carbocycles. The highest BCUT2D eigenvalue weighted by molar-refractivity contribution is 5.93. The molecule has 5 nitrogen and oxygen atoms in total. The van der Waals surface area contributed by atoms with Gasteiger partial charge < -0.3 is 16.2 Å². The average Bonchev–Trinajstić information content (AvgIpc) is 2.53. The Labute approximate surface area is 122 Å². The number of nitrogens with two attached hydrogens (primary N) is 2. The van der Waals surface area contributed by atoms with Crippen LogP contribution in [0.1, 0.15) is 5.69 Å². The number of fused-ring (bicyclic) bond motifs is 1. The summed E-state index contributed by atoms with van der Waals surface area (Å²) < 4.78 is 5.66. The van der Waals surface area contributed by atoms with Gasteiger partial charge in [0.05, 0.1) is 29.2 Å². The zero-order chi connectivity index (χ0) is 14.7. The van der Waals surface area contributed by atoms with Crippen molar-refractivity contribution in [1.82, 2.24) is 9.97 Å². The van der Waals surface area contributed by atoms with Crippen LogP contribution in [-0.4, -0.2) is 16.6 Å². The van der Waals surface area contributed by atoms with Crippen molar-refractivity contribution in [2.24, 2.45) is 0 Å². The molecule has 2 aromatic heterocycles. The maximum atomic E-state index is 6.05. The molecule has 0 amide bonds. The van der Waals surface area contributed by atoms with E-state index in [2.05, 4.69) is 9.97 Å². The molecule has 106 valence electrons. The number of hydrogen-bond donors (Lipinski definition) is 2. The highest BCUT2D eigenvalue weighted by Gasteiger charge is 2.10. The molecular weight excluding hydrogens is 264 g/mol. The summed E-state index contributed by atoms with van der Waals surface area (Å²) in [4.78, 5) is 8.73. The second-order valence-electron chi connectivity index (χ2n) is 4.67. The number of nitrogen functional groups attached to an aromatic ring is 2. The number of pyridine rings is 2. The number of aromatic nitrogens is 2. The van der Waals surface area contributed by atoms with Crippen LogP contribution in [0.2, 0.25) is 0 Å². The minimum Gasteiger partial charge on any atom is -0.493 e. The molecule has 2 heterocycles. The zero-order valence-corrected chi connectivity index (χ0v) is 11.5. The maximum Gasteiger partial charge on any atom is 0.119 e. The van der Waals surface area contributed by atoms with Crippen LogP contribution in [0.4, 0.5) is 11.4 Å². The zero-order valence-electron chi connectivity index (χ0n) is 11.5. The molecule has 0 unspecified atom stereocenters. The number of para-hydroxylation sites is 1. The van der Waals surface area contributed by atoms with E-state index in [4.69, 9.17) is 16.2 Å². The van der Waals surface area contributed by atoms with E-state index in [1.54, 1.807) is 6.20 Å². The first-order valence-corrected chi connectivity index (χ1v) is 6.72. The number of nitrogens with zero attached hydrogens (tertiary/aromatic N) is 2. The van der Waals surface area contributed by atoms with Crippen molar-refractivity contribution in [2.45, 2.75) is 6.42 Å². The summed E-state index contributed by atoms with van der Waals surface area (Å²) in [5.74, 6) is 0.825. The van der Waals surface area contributed by atoms with Crippen LogP contribution in [0, 0.1) is 0 Å². The first-order chi connectivity index (χ1) is 10.3. The van der Waals surface area contributed by atoms with Gasteiger partial charge in [0.25, 0.3) is 0 Å². The number of hydrogen-bond acceptors (Lipinski definition) is 5. The van der Waals surface area contributed by atoms with Crippen LogP contribution >= 0.6 is 0 Å². The van der Waals surface area contributed by atoms with Gasteiger partial charge in [-0.25, -0.2) is 4.98 Å². The van der Waals surface area contributed by atoms with Crippen LogP contribution < -0.4 is 16.2 Å². The van der Waals surface area contributed by atoms with Gasteiger partial charge in [-0.15, -0.1) is 0 Å². The lowest BCUT2D eigenvalue weighted by atomic mass is 10.1. The van der Waals surface area contributed by atoms with E-state index in [1.165, 1.54) is 0 Å². The number of benzene rings is 1. The first kappa shape index (κ1) is 13.2. The van der Waals surface area contributed by atoms with Crippen molar-refractivity contribution in [3.8, 4) is 5.75 Å². The molecule has 0 spiro atoms.